The van der Waals surface area contributed by atoms with Crippen molar-refractivity contribution < 1.29 is 9.53 Å². The van der Waals surface area contributed by atoms with E-state index < -0.39 is 0 Å². The normalized spacial score (nSPS) is 11.8. The molecule has 1 atom stereocenters. The molecule has 0 bridgehead atoms. The number of hydrogen-bond acceptors (Lipinski definition) is 3. The summed E-state index contributed by atoms with van der Waals surface area (Å²) in [7, 11) is 1.84. The Morgan fingerprint density at radius 3 is 2.70 bits per heavy atom. The molecule has 0 saturated carbocycles. The lowest BCUT2D eigenvalue weighted by molar-refractivity contribution is -0.124. The molecular weight excluding hydrogens is 288 g/mol. The van der Waals surface area contributed by atoms with Crippen LogP contribution in [0.4, 0.5) is 0 Å². The van der Waals surface area contributed by atoms with Gasteiger partial charge in [0.25, 0.3) is 0 Å². The van der Waals surface area contributed by atoms with Gasteiger partial charge in [-0.2, -0.15) is 0 Å². The summed E-state index contributed by atoms with van der Waals surface area (Å²) in [6, 6.07) is 15.7. The van der Waals surface area contributed by atoms with E-state index in [9.17, 15) is 4.79 Å². The average molecular weight is 312 g/mol. The third kappa shape index (κ3) is 5.11. The second kappa shape index (κ2) is 8.34. The van der Waals surface area contributed by atoms with Crippen LogP contribution in [0.2, 0.25) is 0 Å². The predicted molar refractivity (Wildman–Crippen MR) is 92.6 cm³/mol. The van der Waals surface area contributed by atoms with Crippen molar-refractivity contribution in [1.29, 1.82) is 0 Å². The van der Waals surface area contributed by atoms with Crippen LogP contribution < -0.4 is 15.4 Å². The van der Waals surface area contributed by atoms with Gasteiger partial charge in [-0.25, -0.2) is 0 Å². The first kappa shape index (κ1) is 17.0. The lowest BCUT2D eigenvalue weighted by atomic mass is 10.1. The highest BCUT2D eigenvalue weighted by atomic mass is 16.5. The van der Waals surface area contributed by atoms with Gasteiger partial charge in [0.1, 0.15) is 11.5 Å². The zero-order chi connectivity index (χ0) is 16.7. The number of carbonyl (C=O) groups excluding carboxylic acids is 1. The van der Waals surface area contributed by atoms with Gasteiger partial charge in [-0.3, -0.25) is 4.79 Å². The van der Waals surface area contributed by atoms with Crippen molar-refractivity contribution in [3.8, 4) is 11.5 Å². The number of hydrogen-bond donors (Lipinski definition) is 2. The minimum atomic E-state index is -0.0650. The minimum Gasteiger partial charge on any atom is -0.457 e. The first-order chi connectivity index (χ1) is 11.1. The Morgan fingerprint density at radius 1 is 1.17 bits per heavy atom. The molecule has 4 heteroatoms. The summed E-state index contributed by atoms with van der Waals surface area (Å²) in [5.41, 5.74) is 2.10. The van der Waals surface area contributed by atoms with Gasteiger partial charge < -0.3 is 15.4 Å². The summed E-state index contributed by atoms with van der Waals surface area (Å²) in [4.78, 5) is 12.0. The van der Waals surface area contributed by atoms with E-state index in [1.807, 2.05) is 69.4 Å². The molecule has 1 amide bonds. The van der Waals surface area contributed by atoms with Crippen LogP contribution >= 0.6 is 0 Å². The van der Waals surface area contributed by atoms with E-state index in [-0.39, 0.29) is 11.8 Å². The highest BCUT2D eigenvalue weighted by Gasteiger charge is 2.12. The van der Waals surface area contributed by atoms with E-state index in [4.69, 9.17) is 4.74 Å². The molecule has 4 nitrogen and oxygen atoms in total. The molecule has 1 unspecified atom stereocenters. The van der Waals surface area contributed by atoms with Crippen LogP contribution in [0.15, 0.2) is 48.5 Å². The Bertz CT molecular complexity index is 655. The van der Waals surface area contributed by atoms with Gasteiger partial charge in [-0.1, -0.05) is 37.3 Å². The molecular formula is C19H24N2O2. The van der Waals surface area contributed by atoms with E-state index in [0.717, 1.165) is 22.6 Å². The molecule has 2 aromatic carbocycles. The maximum atomic E-state index is 12.0. The van der Waals surface area contributed by atoms with Gasteiger partial charge >= 0.3 is 0 Å². The van der Waals surface area contributed by atoms with Crippen molar-refractivity contribution in [2.75, 3.05) is 13.6 Å². The molecule has 0 spiro atoms. The molecule has 0 fully saturated rings. The summed E-state index contributed by atoms with van der Waals surface area (Å²) in [6.45, 7) is 5.05. The SMILES string of the molecule is CNCC(C)C(=O)NCc1ccccc1Oc1cccc(C)c1. The van der Waals surface area contributed by atoms with Crippen molar-refractivity contribution in [1.82, 2.24) is 10.6 Å². The standard InChI is InChI=1S/C19H24N2O2/c1-14-7-6-9-17(11-14)23-18-10-5-4-8-16(18)13-21-19(22)15(2)12-20-3/h4-11,15,20H,12-13H2,1-3H3,(H,21,22). The fraction of sp³-hybridized carbons (Fsp3) is 0.316. The molecule has 2 rings (SSSR count). The predicted octanol–water partition coefficient (Wildman–Crippen LogP) is 3.26. The molecule has 23 heavy (non-hydrogen) atoms. The smallest absolute Gasteiger partial charge is 0.224 e. The lowest BCUT2D eigenvalue weighted by Gasteiger charge is -2.14. The monoisotopic (exact) mass is 312 g/mol. The van der Waals surface area contributed by atoms with Crippen molar-refractivity contribution in [3.63, 3.8) is 0 Å². The topological polar surface area (TPSA) is 50.4 Å². The Labute approximate surface area is 137 Å². The molecule has 0 aliphatic rings. The van der Waals surface area contributed by atoms with Crippen LogP contribution in [0.3, 0.4) is 0 Å². The highest BCUT2D eigenvalue weighted by Crippen LogP contribution is 2.25. The van der Waals surface area contributed by atoms with E-state index >= 15 is 0 Å². The van der Waals surface area contributed by atoms with Gasteiger partial charge in [0.05, 0.1) is 0 Å². The van der Waals surface area contributed by atoms with Gasteiger partial charge in [0.15, 0.2) is 0 Å². The molecule has 122 valence electrons. The summed E-state index contributed by atoms with van der Waals surface area (Å²) < 4.78 is 5.97. The van der Waals surface area contributed by atoms with E-state index in [0.29, 0.717) is 13.1 Å². The van der Waals surface area contributed by atoms with Gasteiger partial charge in [-0.05, 0) is 37.7 Å². The van der Waals surface area contributed by atoms with Crippen molar-refractivity contribution in [2.45, 2.75) is 20.4 Å². The van der Waals surface area contributed by atoms with Crippen LogP contribution in [0.5, 0.6) is 11.5 Å². The number of aryl methyl sites for hydroxylation is 1. The summed E-state index contributed by atoms with van der Waals surface area (Å²) in [5, 5.41) is 5.97. The fourth-order valence-corrected chi connectivity index (χ4v) is 2.31. The van der Waals surface area contributed by atoms with Crippen molar-refractivity contribution in [3.05, 3.63) is 59.7 Å². The number of carbonyl (C=O) groups is 1. The van der Waals surface area contributed by atoms with Crippen LogP contribution in [0.1, 0.15) is 18.1 Å². The summed E-state index contributed by atoms with van der Waals surface area (Å²) in [6.07, 6.45) is 0. The van der Waals surface area contributed by atoms with Crippen molar-refractivity contribution in [2.24, 2.45) is 5.92 Å². The Morgan fingerprint density at radius 2 is 1.96 bits per heavy atom. The van der Waals surface area contributed by atoms with E-state index in [1.165, 1.54) is 0 Å². The second-order valence-corrected chi connectivity index (χ2v) is 5.70. The zero-order valence-corrected chi connectivity index (χ0v) is 13.9. The van der Waals surface area contributed by atoms with Gasteiger partial charge in [0.2, 0.25) is 5.91 Å². The van der Waals surface area contributed by atoms with E-state index in [1.54, 1.807) is 0 Å². The summed E-state index contributed by atoms with van der Waals surface area (Å²) in [5.74, 6) is 1.53. The molecule has 0 heterocycles. The second-order valence-electron chi connectivity index (χ2n) is 5.70. The fourth-order valence-electron chi connectivity index (χ4n) is 2.31. The zero-order valence-electron chi connectivity index (χ0n) is 13.9. The number of rotatable bonds is 7. The van der Waals surface area contributed by atoms with Crippen molar-refractivity contribution >= 4 is 5.91 Å². The number of ether oxygens (including phenoxy) is 1. The first-order valence-electron chi connectivity index (χ1n) is 7.85. The number of benzene rings is 2. The largest absolute Gasteiger partial charge is 0.457 e. The van der Waals surface area contributed by atoms with Gasteiger partial charge in [-0.15, -0.1) is 0 Å². The summed E-state index contributed by atoms with van der Waals surface area (Å²) >= 11 is 0. The lowest BCUT2D eigenvalue weighted by Crippen LogP contribution is -2.33. The molecule has 2 N–H and O–H groups in total. The maximum absolute atomic E-state index is 12.0. The number of para-hydroxylation sites is 1. The Kier molecular flexibility index (Phi) is 6.18. The third-order valence-corrected chi connectivity index (χ3v) is 3.60. The molecule has 2 aromatic rings. The minimum absolute atomic E-state index is 0.0321. The highest BCUT2D eigenvalue weighted by molar-refractivity contribution is 5.78. The molecule has 0 radical (unpaired) electrons. The average Bonchev–Trinajstić information content (AvgIpc) is 2.54. The molecule has 0 saturated heterocycles. The van der Waals surface area contributed by atoms with E-state index in [2.05, 4.69) is 10.6 Å². The number of amides is 1. The van der Waals surface area contributed by atoms with Crippen LogP contribution in [0, 0.1) is 12.8 Å². The third-order valence-electron chi connectivity index (χ3n) is 3.60. The van der Waals surface area contributed by atoms with Crippen LogP contribution in [0.25, 0.3) is 0 Å². The quantitative estimate of drug-likeness (QED) is 0.825. The van der Waals surface area contributed by atoms with Crippen LogP contribution in [-0.2, 0) is 11.3 Å². The Balaban J connectivity index is 2.04. The molecule has 0 aliphatic carbocycles. The number of nitrogens with one attached hydrogen (secondary N) is 2. The first-order valence-corrected chi connectivity index (χ1v) is 7.85. The molecule has 0 aliphatic heterocycles. The Hall–Kier alpha value is -2.33. The maximum Gasteiger partial charge on any atom is 0.224 e. The van der Waals surface area contributed by atoms with Crippen LogP contribution in [-0.4, -0.2) is 19.5 Å². The molecule has 0 aromatic heterocycles. The van der Waals surface area contributed by atoms with Gasteiger partial charge in [0, 0.05) is 24.6 Å².